The number of hydrogen-bond donors (Lipinski definition) is 1. The summed E-state index contributed by atoms with van der Waals surface area (Å²) in [6.45, 7) is 8.27. The van der Waals surface area contributed by atoms with Crippen LogP contribution in [0.25, 0.3) is 5.69 Å². The fourth-order valence-corrected chi connectivity index (χ4v) is 3.74. The fraction of sp³-hybridized carbons (Fsp3) is 0.476. The van der Waals surface area contributed by atoms with E-state index in [1.165, 1.54) is 5.56 Å². The number of piperidine rings is 1. The van der Waals surface area contributed by atoms with Crippen molar-refractivity contribution in [3.8, 4) is 5.69 Å². The first-order valence-electron chi connectivity index (χ1n) is 9.74. The van der Waals surface area contributed by atoms with Gasteiger partial charge < -0.3 is 10.5 Å². The van der Waals surface area contributed by atoms with E-state index in [1.807, 2.05) is 30.7 Å². The highest BCUT2D eigenvalue weighted by Crippen LogP contribution is 2.24. The first-order chi connectivity index (χ1) is 13.4. The van der Waals surface area contributed by atoms with E-state index in [0.717, 1.165) is 42.9 Å². The number of amides is 1. The van der Waals surface area contributed by atoms with Gasteiger partial charge in [0.1, 0.15) is 5.56 Å². The van der Waals surface area contributed by atoms with Gasteiger partial charge in [-0.15, -0.1) is 0 Å². The van der Waals surface area contributed by atoms with Gasteiger partial charge in [-0.05, 0) is 58.3 Å². The minimum atomic E-state index is -0.361. The number of aryl methyl sites for hydroxylation is 2. The third-order valence-electron chi connectivity index (χ3n) is 5.31. The number of benzene rings is 1. The summed E-state index contributed by atoms with van der Waals surface area (Å²) in [5.74, 6) is -0.655. The maximum Gasteiger partial charge on any atom is 0.341 e. The molecule has 150 valence electrons. The van der Waals surface area contributed by atoms with Crippen molar-refractivity contribution >= 4 is 11.9 Å². The van der Waals surface area contributed by atoms with E-state index >= 15 is 0 Å². The van der Waals surface area contributed by atoms with E-state index in [4.69, 9.17) is 10.5 Å². The Morgan fingerprint density at radius 3 is 2.57 bits per heavy atom. The van der Waals surface area contributed by atoms with Gasteiger partial charge >= 0.3 is 5.97 Å². The summed E-state index contributed by atoms with van der Waals surface area (Å²) < 4.78 is 7.07. The molecule has 1 fully saturated rings. The lowest BCUT2D eigenvalue weighted by atomic mass is 9.96. The molecule has 0 atom stereocenters. The van der Waals surface area contributed by atoms with Gasteiger partial charge in [0.15, 0.2) is 0 Å². The SMILES string of the molecule is CCOC(=O)c1cnn(-c2ccc(C)cc2C)c1CN1CCC(C(N)=O)CC1. The Morgan fingerprint density at radius 2 is 1.96 bits per heavy atom. The number of primary amides is 1. The number of ether oxygens (including phenoxy) is 1. The molecule has 0 spiro atoms. The molecule has 2 heterocycles. The molecule has 7 nitrogen and oxygen atoms in total. The minimum absolute atomic E-state index is 0.0648. The van der Waals surface area contributed by atoms with Crippen molar-refractivity contribution in [1.82, 2.24) is 14.7 Å². The van der Waals surface area contributed by atoms with Crippen molar-refractivity contribution in [2.24, 2.45) is 11.7 Å². The fourth-order valence-electron chi connectivity index (χ4n) is 3.74. The van der Waals surface area contributed by atoms with Crippen LogP contribution < -0.4 is 5.73 Å². The summed E-state index contributed by atoms with van der Waals surface area (Å²) in [6.07, 6.45) is 3.06. The standard InChI is InChI=1S/C21H28N4O3/c1-4-28-21(27)17-12-23-25(18-6-5-14(2)11-15(18)3)19(17)13-24-9-7-16(8-10-24)20(22)26/h5-6,11-12,16H,4,7-10,13H2,1-3H3,(H2,22,26). The van der Waals surface area contributed by atoms with Crippen molar-refractivity contribution < 1.29 is 14.3 Å². The molecule has 1 amide bonds. The molecule has 1 aliphatic heterocycles. The van der Waals surface area contributed by atoms with E-state index in [1.54, 1.807) is 13.1 Å². The zero-order chi connectivity index (χ0) is 20.3. The Hall–Kier alpha value is -2.67. The van der Waals surface area contributed by atoms with E-state index < -0.39 is 0 Å². The summed E-state index contributed by atoms with van der Waals surface area (Å²) in [7, 11) is 0. The highest BCUT2D eigenvalue weighted by molar-refractivity contribution is 5.90. The number of carbonyl (C=O) groups is 2. The van der Waals surface area contributed by atoms with Crippen LogP contribution >= 0.6 is 0 Å². The number of aromatic nitrogens is 2. The average molecular weight is 384 g/mol. The Kier molecular flexibility index (Phi) is 6.14. The highest BCUT2D eigenvalue weighted by atomic mass is 16.5. The second-order valence-electron chi connectivity index (χ2n) is 7.38. The van der Waals surface area contributed by atoms with Crippen LogP contribution in [-0.4, -0.2) is 46.3 Å². The maximum absolute atomic E-state index is 12.5. The molecule has 0 bridgehead atoms. The normalized spacial score (nSPS) is 15.5. The number of nitrogens with zero attached hydrogens (tertiary/aromatic N) is 3. The number of rotatable bonds is 6. The number of carbonyl (C=O) groups excluding carboxylic acids is 2. The van der Waals surface area contributed by atoms with E-state index in [9.17, 15) is 9.59 Å². The molecule has 7 heteroatoms. The van der Waals surface area contributed by atoms with Crippen molar-refractivity contribution in [2.75, 3.05) is 19.7 Å². The van der Waals surface area contributed by atoms with Crippen LogP contribution in [-0.2, 0) is 16.1 Å². The van der Waals surface area contributed by atoms with Crippen LogP contribution in [0, 0.1) is 19.8 Å². The first-order valence-corrected chi connectivity index (χ1v) is 9.74. The number of nitrogens with two attached hydrogens (primary N) is 1. The minimum Gasteiger partial charge on any atom is -0.462 e. The molecule has 0 saturated carbocycles. The van der Waals surface area contributed by atoms with Crippen molar-refractivity contribution in [2.45, 2.75) is 40.2 Å². The van der Waals surface area contributed by atoms with Gasteiger partial charge in [0, 0.05) is 12.5 Å². The van der Waals surface area contributed by atoms with Crippen molar-refractivity contribution in [3.63, 3.8) is 0 Å². The second kappa shape index (κ2) is 8.56. The topological polar surface area (TPSA) is 90.4 Å². The van der Waals surface area contributed by atoms with E-state index in [2.05, 4.69) is 16.1 Å². The van der Waals surface area contributed by atoms with E-state index in [0.29, 0.717) is 18.7 Å². The quantitative estimate of drug-likeness (QED) is 0.772. The summed E-state index contributed by atoms with van der Waals surface area (Å²) in [6, 6.07) is 6.16. The maximum atomic E-state index is 12.5. The third-order valence-corrected chi connectivity index (χ3v) is 5.31. The van der Waals surface area contributed by atoms with Crippen LogP contribution in [0.4, 0.5) is 0 Å². The third kappa shape index (κ3) is 4.25. The molecular weight excluding hydrogens is 356 g/mol. The van der Waals surface area contributed by atoms with Gasteiger partial charge in [-0.1, -0.05) is 17.7 Å². The molecular formula is C21H28N4O3. The summed E-state index contributed by atoms with van der Waals surface area (Å²) >= 11 is 0. The smallest absolute Gasteiger partial charge is 0.341 e. The summed E-state index contributed by atoms with van der Waals surface area (Å²) in [5, 5.41) is 4.50. The predicted octanol–water partition coefficient (Wildman–Crippen LogP) is 2.36. The Morgan fingerprint density at radius 1 is 1.25 bits per heavy atom. The first kappa shape index (κ1) is 20.1. The molecule has 1 aromatic heterocycles. The Labute approximate surface area is 165 Å². The molecule has 1 saturated heterocycles. The number of likely N-dealkylation sites (tertiary alicyclic amines) is 1. The number of esters is 1. The molecule has 0 aliphatic carbocycles. The zero-order valence-electron chi connectivity index (χ0n) is 16.8. The lowest BCUT2D eigenvalue weighted by Gasteiger charge is -2.30. The largest absolute Gasteiger partial charge is 0.462 e. The van der Waals surface area contributed by atoms with Gasteiger partial charge in [-0.2, -0.15) is 5.10 Å². The van der Waals surface area contributed by atoms with Gasteiger partial charge in [-0.3, -0.25) is 9.69 Å². The lowest BCUT2D eigenvalue weighted by molar-refractivity contribution is -0.123. The van der Waals surface area contributed by atoms with Gasteiger partial charge in [0.2, 0.25) is 5.91 Å². The Bertz CT molecular complexity index is 867. The molecule has 0 unspecified atom stereocenters. The van der Waals surface area contributed by atoms with Gasteiger partial charge in [0.25, 0.3) is 0 Å². The lowest BCUT2D eigenvalue weighted by Crippen LogP contribution is -2.38. The predicted molar refractivity (Wildman–Crippen MR) is 106 cm³/mol. The second-order valence-corrected chi connectivity index (χ2v) is 7.38. The van der Waals surface area contributed by atoms with Crippen LogP contribution in [0.3, 0.4) is 0 Å². The zero-order valence-corrected chi connectivity index (χ0v) is 16.8. The Balaban J connectivity index is 1.91. The summed E-state index contributed by atoms with van der Waals surface area (Å²) in [4.78, 5) is 26.1. The van der Waals surface area contributed by atoms with Crippen molar-refractivity contribution in [1.29, 1.82) is 0 Å². The van der Waals surface area contributed by atoms with Gasteiger partial charge in [-0.25, -0.2) is 9.48 Å². The van der Waals surface area contributed by atoms with Crippen LogP contribution in [0.15, 0.2) is 24.4 Å². The molecule has 28 heavy (non-hydrogen) atoms. The van der Waals surface area contributed by atoms with Gasteiger partial charge in [0.05, 0.1) is 24.2 Å². The van der Waals surface area contributed by atoms with Crippen LogP contribution in [0.5, 0.6) is 0 Å². The molecule has 1 aliphatic rings. The molecule has 2 N–H and O–H groups in total. The number of hydrogen-bond acceptors (Lipinski definition) is 5. The van der Waals surface area contributed by atoms with Crippen molar-refractivity contribution in [3.05, 3.63) is 46.8 Å². The van der Waals surface area contributed by atoms with E-state index in [-0.39, 0.29) is 17.8 Å². The van der Waals surface area contributed by atoms with Crippen LogP contribution in [0.2, 0.25) is 0 Å². The molecule has 1 aromatic carbocycles. The average Bonchev–Trinajstić information content (AvgIpc) is 3.06. The highest BCUT2D eigenvalue weighted by Gasteiger charge is 2.27. The van der Waals surface area contributed by atoms with Crippen LogP contribution in [0.1, 0.15) is 46.9 Å². The molecule has 2 aromatic rings. The monoisotopic (exact) mass is 384 g/mol. The molecule has 0 radical (unpaired) electrons. The molecule has 3 rings (SSSR count). The summed E-state index contributed by atoms with van der Waals surface area (Å²) in [5.41, 5.74) is 9.95.